The third kappa shape index (κ3) is 2.90. The van der Waals surface area contributed by atoms with Crippen LogP contribution < -0.4 is 9.64 Å². The van der Waals surface area contributed by atoms with E-state index in [1.165, 1.54) is 18.5 Å². The van der Waals surface area contributed by atoms with Crippen molar-refractivity contribution in [2.24, 2.45) is 0 Å². The number of ether oxygens (including phenoxy) is 1. The minimum Gasteiger partial charge on any atom is -0.433 e. The number of carbonyl (C=O) groups is 1. The molecule has 4 heterocycles. The maximum absolute atomic E-state index is 12.9. The lowest BCUT2D eigenvalue weighted by atomic mass is 10.0. The van der Waals surface area contributed by atoms with Gasteiger partial charge in [-0.1, -0.05) is 0 Å². The summed E-state index contributed by atoms with van der Waals surface area (Å²) in [6, 6.07) is 2.89. The Morgan fingerprint density at radius 2 is 2.07 bits per heavy atom. The van der Waals surface area contributed by atoms with Gasteiger partial charge in [0, 0.05) is 18.0 Å². The fraction of sp³-hybridized carbons (Fsp3) is 0.222. The van der Waals surface area contributed by atoms with Crippen molar-refractivity contribution in [2.75, 3.05) is 4.90 Å². The Balaban J connectivity index is 1.76. The molecule has 138 valence electrons. The molecule has 1 amide bonds. The molecule has 0 saturated carbocycles. The third-order valence-corrected chi connectivity index (χ3v) is 4.46. The Morgan fingerprint density at radius 1 is 1.26 bits per heavy atom. The average Bonchev–Trinajstić information content (AvgIpc) is 3.22. The smallest absolute Gasteiger partial charge is 0.387 e. The van der Waals surface area contributed by atoms with Crippen LogP contribution in [0.15, 0.2) is 36.9 Å². The number of anilines is 1. The lowest BCUT2D eigenvalue weighted by Gasteiger charge is -2.19. The van der Waals surface area contributed by atoms with Gasteiger partial charge in [0.05, 0.1) is 41.1 Å². The Bertz CT molecular complexity index is 1010. The molecule has 7 nitrogen and oxygen atoms in total. The van der Waals surface area contributed by atoms with Gasteiger partial charge in [0.15, 0.2) is 0 Å². The number of pyridine rings is 2. The fourth-order valence-electron chi connectivity index (χ4n) is 3.29. The number of H-pyrrole nitrogens is 1. The summed E-state index contributed by atoms with van der Waals surface area (Å²) < 4.78 is 29.3. The van der Waals surface area contributed by atoms with Gasteiger partial charge < -0.3 is 4.74 Å². The van der Waals surface area contributed by atoms with E-state index in [0.29, 0.717) is 28.2 Å². The van der Waals surface area contributed by atoms with Crippen LogP contribution in [-0.2, 0) is 0 Å². The average molecular weight is 371 g/mol. The van der Waals surface area contributed by atoms with E-state index in [2.05, 4.69) is 24.9 Å². The van der Waals surface area contributed by atoms with Crippen LogP contribution in [0.3, 0.4) is 0 Å². The van der Waals surface area contributed by atoms with Gasteiger partial charge in [-0.25, -0.2) is 4.98 Å². The highest BCUT2D eigenvalue weighted by Crippen LogP contribution is 2.38. The number of rotatable bonds is 4. The molecule has 9 heteroatoms. The first-order chi connectivity index (χ1) is 13.0. The van der Waals surface area contributed by atoms with Gasteiger partial charge in [0.2, 0.25) is 0 Å². The number of hydrogen-bond donors (Lipinski definition) is 1. The van der Waals surface area contributed by atoms with Crippen molar-refractivity contribution in [1.82, 2.24) is 20.2 Å². The maximum atomic E-state index is 12.9. The Hall–Kier alpha value is -3.36. The number of nitrogens with zero attached hydrogens (tertiary/aromatic N) is 4. The van der Waals surface area contributed by atoms with E-state index in [-0.39, 0.29) is 17.7 Å². The zero-order valence-corrected chi connectivity index (χ0v) is 14.5. The van der Waals surface area contributed by atoms with Crippen LogP contribution in [0, 0.1) is 6.92 Å². The normalized spacial score (nSPS) is 16.1. The first-order valence-electron chi connectivity index (χ1n) is 8.20. The number of fused-ring (bicyclic) bond motifs is 1. The van der Waals surface area contributed by atoms with E-state index >= 15 is 0 Å². The minimum absolute atomic E-state index is 0.0494. The summed E-state index contributed by atoms with van der Waals surface area (Å²) in [5.74, 6) is -0.199. The second-order valence-electron chi connectivity index (χ2n) is 6.18. The molecule has 0 saturated heterocycles. The maximum Gasteiger partial charge on any atom is 0.387 e. The minimum atomic E-state index is -2.93. The zero-order chi connectivity index (χ0) is 19.1. The molecular formula is C18H15F2N5O2. The second-order valence-corrected chi connectivity index (χ2v) is 6.18. The van der Waals surface area contributed by atoms with Crippen LogP contribution in [0.4, 0.5) is 14.5 Å². The molecule has 4 rings (SSSR count). The van der Waals surface area contributed by atoms with Crippen molar-refractivity contribution in [2.45, 2.75) is 26.5 Å². The first-order valence-corrected chi connectivity index (χ1v) is 8.20. The van der Waals surface area contributed by atoms with Gasteiger partial charge in [-0.05, 0) is 31.5 Å². The summed E-state index contributed by atoms with van der Waals surface area (Å²) in [4.78, 5) is 23.1. The van der Waals surface area contributed by atoms with Crippen molar-refractivity contribution in [1.29, 1.82) is 0 Å². The lowest BCUT2D eigenvalue weighted by molar-refractivity contribution is -0.0500. The number of aromatic amines is 1. The summed E-state index contributed by atoms with van der Waals surface area (Å²) in [7, 11) is 0. The molecule has 1 unspecified atom stereocenters. The molecule has 1 atom stereocenters. The topological polar surface area (TPSA) is 84.0 Å². The van der Waals surface area contributed by atoms with Gasteiger partial charge in [0.1, 0.15) is 5.75 Å². The van der Waals surface area contributed by atoms with Crippen LogP contribution in [0.1, 0.15) is 34.6 Å². The number of aryl methyl sites for hydroxylation is 1. The number of carbonyl (C=O) groups excluding carboxylic acids is 1. The zero-order valence-electron chi connectivity index (χ0n) is 14.5. The van der Waals surface area contributed by atoms with Crippen molar-refractivity contribution < 1.29 is 18.3 Å². The monoisotopic (exact) mass is 371 g/mol. The Morgan fingerprint density at radius 3 is 2.78 bits per heavy atom. The Labute approximate surface area is 153 Å². The van der Waals surface area contributed by atoms with Gasteiger partial charge in [0.25, 0.3) is 5.91 Å². The van der Waals surface area contributed by atoms with Gasteiger partial charge in [-0.15, -0.1) is 0 Å². The van der Waals surface area contributed by atoms with Crippen molar-refractivity contribution in [3.63, 3.8) is 0 Å². The fourth-order valence-corrected chi connectivity index (χ4v) is 3.29. The van der Waals surface area contributed by atoms with E-state index < -0.39 is 6.61 Å². The molecule has 0 radical (unpaired) electrons. The number of alkyl halides is 2. The molecule has 0 bridgehead atoms. The highest BCUT2D eigenvalue weighted by molar-refractivity contribution is 6.11. The van der Waals surface area contributed by atoms with Crippen LogP contribution in [0.2, 0.25) is 0 Å². The van der Waals surface area contributed by atoms with Gasteiger partial charge in [-0.2, -0.15) is 13.9 Å². The van der Waals surface area contributed by atoms with Crippen molar-refractivity contribution in [3.05, 3.63) is 53.7 Å². The number of aromatic nitrogens is 4. The van der Waals surface area contributed by atoms with E-state index in [0.717, 1.165) is 5.56 Å². The number of hydrogen-bond acceptors (Lipinski definition) is 5. The molecule has 0 aromatic carbocycles. The molecule has 1 N–H and O–H groups in total. The molecule has 1 aliphatic heterocycles. The van der Waals surface area contributed by atoms with Crippen LogP contribution in [-0.4, -0.2) is 32.7 Å². The van der Waals surface area contributed by atoms with E-state index in [9.17, 15) is 13.6 Å². The quantitative estimate of drug-likeness (QED) is 0.759. The summed E-state index contributed by atoms with van der Waals surface area (Å²) in [5, 5.41) is 6.60. The number of halogens is 2. The van der Waals surface area contributed by atoms with E-state index in [1.807, 2.05) is 13.8 Å². The van der Waals surface area contributed by atoms with Crippen LogP contribution in [0.25, 0.3) is 11.3 Å². The lowest BCUT2D eigenvalue weighted by Crippen LogP contribution is -2.25. The van der Waals surface area contributed by atoms with Gasteiger partial charge in [-0.3, -0.25) is 19.8 Å². The molecule has 1 aliphatic rings. The van der Waals surface area contributed by atoms with E-state index in [4.69, 9.17) is 0 Å². The summed E-state index contributed by atoms with van der Waals surface area (Å²) >= 11 is 0. The molecule has 3 aromatic heterocycles. The summed E-state index contributed by atoms with van der Waals surface area (Å²) in [6.45, 7) is 0.764. The standard InChI is InChI=1S/C18H15F2N5O2/c1-9-3-14(11-4-13(8-21-5-11)27-18(19)20)24-16-10(2)25(17(26)15(9)16)12-6-22-23-7-12/h3-8,10,18H,1-2H3,(H,22,23). The Kier molecular flexibility index (Phi) is 4.06. The summed E-state index contributed by atoms with van der Waals surface area (Å²) in [5.41, 5.74) is 3.63. The van der Waals surface area contributed by atoms with Crippen LogP contribution >= 0.6 is 0 Å². The largest absolute Gasteiger partial charge is 0.433 e. The molecule has 0 aliphatic carbocycles. The number of nitrogens with one attached hydrogen (secondary N) is 1. The third-order valence-electron chi connectivity index (χ3n) is 4.46. The molecular weight excluding hydrogens is 356 g/mol. The molecule has 3 aromatic rings. The van der Waals surface area contributed by atoms with Gasteiger partial charge >= 0.3 is 6.61 Å². The van der Waals surface area contributed by atoms with Crippen LogP contribution in [0.5, 0.6) is 5.75 Å². The first kappa shape index (κ1) is 17.1. The SMILES string of the molecule is Cc1cc(-c2cncc(OC(F)F)c2)nc2c1C(=O)N(c1cn[nH]c1)C2C. The number of amides is 1. The molecule has 27 heavy (non-hydrogen) atoms. The van der Waals surface area contributed by atoms with E-state index in [1.54, 1.807) is 23.4 Å². The molecule has 0 fully saturated rings. The second kappa shape index (κ2) is 6.42. The van der Waals surface area contributed by atoms with Crippen molar-refractivity contribution in [3.8, 4) is 17.0 Å². The predicted octanol–water partition coefficient (Wildman–Crippen LogP) is 3.50. The molecule has 0 spiro atoms. The summed E-state index contributed by atoms with van der Waals surface area (Å²) in [6.07, 6.45) is 5.95. The highest BCUT2D eigenvalue weighted by Gasteiger charge is 2.38. The van der Waals surface area contributed by atoms with Crippen molar-refractivity contribution >= 4 is 11.6 Å². The predicted molar refractivity (Wildman–Crippen MR) is 92.6 cm³/mol. The highest BCUT2D eigenvalue weighted by atomic mass is 19.3.